The summed E-state index contributed by atoms with van der Waals surface area (Å²) >= 11 is 0. The third-order valence-electron chi connectivity index (χ3n) is 12.0. The molecule has 0 atom stereocenters. The van der Waals surface area contributed by atoms with E-state index in [4.69, 9.17) is 0 Å². The second-order valence-electron chi connectivity index (χ2n) is 14.5. The zero-order chi connectivity index (χ0) is 24.3. The molecule has 0 saturated heterocycles. The summed E-state index contributed by atoms with van der Waals surface area (Å²) in [7, 11) is 0. The molecule has 0 aromatic carbocycles. The molecule has 0 nitrogen and oxygen atoms in total. The van der Waals surface area contributed by atoms with Gasteiger partial charge in [0.15, 0.2) is 0 Å². The van der Waals surface area contributed by atoms with Crippen molar-refractivity contribution in [1.82, 2.24) is 0 Å². The van der Waals surface area contributed by atoms with Crippen LogP contribution in [0.1, 0.15) is 181 Å². The Hall–Kier alpha value is 0. The third kappa shape index (κ3) is 8.50. The van der Waals surface area contributed by atoms with Gasteiger partial charge in [0.25, 0.3) is 0 Å². The molecule has 0 heterocycles. The first kappa shape index (κ1) is 28.0. The topological polar surface area (TPSA) is 0 Å². The standard InChI is InChI=1S/C35H64/c1-3-5-6-8-12-30-13-17-31(18-14-30)27-32-21-23-34(24-22-32)35(25-9-7-10-26-35)28-33-19-15-29(11-4-2)16-20-33/h29-34H,3-28H2,1-2H3. The van der Waals surface area contributed by atoms with E-state index in [1.165, 1.54) is 44.9 Å². The molecule has 0 spiro atoms. The van der Waals surface area contributed by atoms with Gasteiger partial charge in [-0.1, -0.05) is 142 Å². The molecular formula is C35H64. The van der Waals surface area contributed by atoms with Gasteiger partial charge in [0.05, 0.1) is 0 Å². The summed E-state index contributed by atoms with van der Waals surface area (Å²) in [5.41, 5.74) is 0.765. The van der Waals surface area contributed by atoms with Crippen LogP contribution in [0.4, 0.5) is 0 Å². The molecule has 4 aliphatic rings. The molecular weight excluding hydrogens is 420 g/mol. The van der Waals surface area contributed by atoms with Crippen LogP contribution < -0.4 is 0 Å². The van der Waals surface area contributed by atoms with Crippen LogP contribution in [0, 0.1) is 40.9 Å². The molecule has 4 rings (SSSR count). The minimum Gasteiger partial charge on any atom is -0.0654 e. The monoisotopic (exact) mass is 485 g/mol. The molecule has 4 saturated carbocycles. The van der Waals surface area contributed by atoms with Crippen molar-refractivity contribution in [3.8, 4) is 0 Å². The first-order chi connectivity index (χ1) is 17.2. The molecule has 0 bridgehead atoms. The van der Waals surface area contributed by atoms with Gasteiger partial charge < -0.3 is 0 Å². The van der Waals surface area contributed by atoms with Crippen LogP contribution in [0.3, 0.4) is 0 Å². The fourth-order valence-electron chi connectivity index (χ4n) is 9.84. The summed E-state index contributed by atoms with van der Waals surface area (Å²) in [6.07, 6.45) is 40.3. The van der Waals surface area contributed by atoms with Crippen LogP contribution in [0.5, 0.6) is 0 Å². The van der Waals surface area contributed by atoms with Crippen LogP contribution in [0.15, 0.2) is 0 Å². The lowest BCUT2D eigenvalue weighted by atomic mass is 9.56. The first-order valence-corrected chi connectivity index (χ1v) is 17.2. The number of unbranched alkanes of at least 4 members (excludes halogenated alkanes) is 3. The van der Waals surface area contributed by atoms with E-state index in [1.54, 1.807) is 122 Å². The normalized spacial score (nSPS) is 36.2. The summed E-state index contributed by atoms with van der Waals surface area (Å²) in [4.78, 5) is 0. The lowest BCUT2D eigenvalue weighted by Crippen LogP contribution is -2.38. The molecule has 0 radical (unpaired) electrons. The summed E-state index contributed by atoms with van der Waals surface area (Å²) in [6.45, 7) is 4.73. The maximum absolute atomic E-state index is 2.39. The van der Waals surface area contributed by atoms with E-state index in [-0.39, 0.29) is 0 Å². The maximum atomic E-state index is 2.39. The Bertz CT molecular complexity index is 532. The molecule has 4 fully saturated rings. The van der Waals surface area contributed by atoms with Crippen LogP contribution in [0.25, 0.3) is 0 Å². The summed E-state index contributed by atoms with van der Waals surface area (Å²) in [5, 5.41) is 0. The molecule has 0 aliphatic heterocycles. The Morgan fingerprint density at radius 1 is 0.486 bits per heavy atom. The summed E-state index contributed by atoms with van der Waals surface area (Å²) in [6, 6.07) is 0. The Morgan fingerprint density at radius 2 is 1.03 bits per heavy atom. The molecule has 0 aromatic heterocycles. The van der Waals surface area contributed by atoms with Crippen molar-refractivity contribution < 1.29 is 0 Å². The van der Waals surface area contributed by atoms with Crippen molar-refractivity contribution in [2.75, 3.05) is 0 Å². The minimum atomic E-state index is 0.765. The van der Waals surface area contributed by atoms with Crippen molar-refractivity contribution in [2.45, 2.75) is 181 Å². The highest BCUT2D eigenvalue weighted by Gasteiger charge is 2.43. The van der Waals surface area contributed by atoms with Gasteiger partial charge in [0.1, 0.15) is 0 Å². The smallest absolute Gasteiger partial charge is 0.0267 e. The average molecular weight is 485 g/mol. The van der Waals surface area contributed by atoms with Gasteiger partial charge in [-0.2, -0.15) is 0 Å². The van der Waals surface area contributed by atoms with Gasteiger partial charge in [-0.05, 0) is 79.4 Å². The van der Waals surface area contributed by atoms with E-state index in [0.29, 0.717) is 0 Å². The van der Waals surface area contributed by atoms with Crippen LogP contribution in [-0.2, 0) is 0 Å². The minimum absolute atomic E-state index is 0.765. The number of hydrogen-bond acceptors (Lipinski definition) is 0. The van der Waals surface area contributed by atoms with Crippen LogP contribution in [0.2, 0.25) is 0 Å². The molecule has 35 heavy (non-hydrogen) atoms. The molecule has 0 heteroatoms. The fraction of sp³-hybridized carbons (Fsp3) is 1.00. The number of rotatable bonds is 12. The summed E-state index contributed by atoms with van der Waals surface area (Å²) in [5.74, 6) is 6.50. The van der Waals surface area contributed by atoms with Gasteiger partial charge in [-0.3, -0.25) is 0 Å². The molecule has 0 N–H and O–H groups in total. The van der Waals surface area contributed by atoms with Crippen molar-refractivity contribution in [1.29, 1.82) is 0 Å². The highest BCUT2D eigenvalue weighted by Crippen LogP contribution is 2.55. The average Bonchev–Trinajstić information content (AvgIpc) is 2.90. The van der Waals surface area contributed by atoms with Crippen molar-refractivity contribution in [3.63, 3.8) is 0 Å². The molecule has 0 aromatic rings. The van der Waals surface area contributed by atoms with E-state index in [0.717, 1.165) is 40.9 Å². The Morgan fingerprint density at radius 3 is 1.63 bits per heavy atom. The van der Waals surface area contributed by atoms with Gasteiger partial charge in [-0.25, -0.2) is 0 Å². The quantitative estimate of drug-likeness (QED) is 0.241. The van der Waals surface area contributed by atoms with Crippen molar-refractivity contribution >= 4 is 0 Å². The Balaban J connectivity index is 1.19. The lowest BCUT2D eigenvalue weighted by Gasteiger charge is -2.49. The maximum Gasteiger partial charge on any atom is -0.0267 e. The van der Waals surface area contributed by atoms with E-state index in [9.17, 15) is 0 Å². The predicted molar refractivity (Wildman–Crippen MR) is 155 cm³/mol. The second kappa shape index (κ2) is 14.8. The molecule has 0 unspecified atom stereocenters. The zero-order valence-corrected chi connectivity index (χ0v) is 24.3. The fourth-order valence-corrected chi connectivity index (χ4v) is 9.84. The first-order valence-electron chi connectivity index (χ1n) is 17.2. The van der Waals surface area contributed by atoms with Crippen LogP contribution in [-0.4, -0.2) is 0 Å². The highest BCUT2D eigenvalue weighted by molar-refractivity contribution is 4.94. The van der Waals surface area contributed by atoms with Crippen molar-refractivity contribution in [3.05, 3.63) is 0 Å². The zero-order valence-electron chi connectivity index (χ0n) is 24.3. The van der Waals surface area contributed by atoms with Crippen molar-refractivity contribution in [2.24, 2.45) is 40.9 Å². The lowest BCUT2D eigenvalue weighted by molar-refractivity contribution is 0.0181. The second-order valence-corrected chi connectivity index (χ2v) is 14.5. The highest BCUT2D eigenvalue weighted by atomic mass is 14.5. The predicted octanol–water partition coefficient (Wildman–Crippen LogP) is 11.9. The van der Waals surface area contributed by atoms with Gasteiger partial charge >= 0.3 is 0 Å². The van der Waals surface area contributed by atoms with Crippen LogP contribution >= 0.6 is 0 Å². The SMILES string of the molecule is CCCCCCC1CCC(CC2CCC(C3(CC4CCC(CCC)CC4)CCCCC3)CC2)CC1. The van der Waals surface area contributed by atoms with E-state index >= 15 is 0 Å². The largest absolute Gasteiger partial charge is 0.0654 e. The molecule has 0 amide bonds. The van der Waals surface area contributed by atoms with Gasteiger partial charge in [-0.15, -0.1) is 0 Å². The third-order valence-corrected chi connectivity index (χ3v) is 12.0. The number of hydrogen-bond donors (Lipinski definition) is 0. The van der Waals surface area contributed by atoms with Gasteiger partial charge in [0, 0.05) is 0 Å². The van der Waals surface area contributed by atoms with Gasteiger partial charge in [0.2, 0.25) is 0 Å². The Kier molecular flexibility index (Phi) is 11.9. The van der Waals surface area contributed by atoms with E-state index in [2.05, 4.69) is 13.8 Å². The summed E-state index contributed by atoms with van der Waals surface area (Å²) < 4.78 is 0. The van der Waals surface area contributed by atoms with E-state index in [1.807, 2.05) is 0 Å². The molecule has 204 valence electrons. The van der Waals surface area contributed by atoms with E-state index < -0.39 is 0 Å². The molecule has 4 aliphatic carbocycles. The Labute approximate surface area is 221 Å².